The Morgan fingerprint density at radius 3 is 1.96 bits per heavy atom. The molecule has 0 fully saturated rings. The van der Waals surface area contributed by atoms with Crippen LogP contribution in [0.1, 0.15) is 10.4 Å². The minimum atomic E-state index is -2.35. The van der Waals surface area contributed by atoms with Gasteiger partial charge in [0.05, 0.1) is 5.56 Å². The summed E-state index contributed by atoms with van der Waals surface area (Å²) >= 11 is 0. The maximum Gasteiger partial charge on any atom is 0.338 e. The number of carbonyl (C=O) groups excluding carboxylic acids is 2. The molecule has 0 bridgehead atoms. The quantitative estimate of drug-likeness (QED) is 0.400. The van der Waals surface area contributed by atoms with E-state index in [-0.39, 0.29) is 5.56 Å². The lowest BCUT2D eigenvalue weighted by Gasteiger charge is -2.10. The lowest BCUT2D eigenvalue weighted by molar-refractivity contribution is -0.119. The zero-order chi connectivity index (χ0) is 17.9. The fourth-order valence-electron chi connectivity index (χ4n) is 1.59. The molecule has 1 heterocycles. The van der Waals surface area contributed by atoms with E-state index < -0.39 is 53.3 Å². The van der Waals surface area contributed by atoms with Gasteiger partial charge in [-0.2, -0.15) is 0 Å². The molecule has 0 spiro atoms. The van der Waals surface area contributed by atoms with Crippen LogP contribution in [0.25, 0.3) is 0 Å². The van der Waals surface area contributed by atoms with E-state index in [0.29, 0.717) is 0 Å². The monoisotopic (exact) mass is 346 g/mol. The van der Waals surface area contributed by atoms with Crippen LogP contribution in [-0.4, -0.2) is 23.5 Å². The van der Waals surface area contributed by atoms with Crippen molar-refractivity contribution in [1.82, 2.24) is 4.98 Å². The summed E-state index contributed by atoms with van der Waals surface area (Å²) in [7, 11) is 0. The number of esters is 1. The Morgan fingerprint density at radius 2 is 1.42 bits per heavy atom. The molecular formula is C14H7F5N2O3. The third-order valence-electron chi connectivity index (χ3n) is 2.72. The highest BCUT2D eigenvalue weighted by Gasteiger charge is 2.27. The Hall–Kier alpha value is -3.04. The number of anilines is 1. The third kappa shape index (κ3) is 3.47. The number of benzene rings is 1. The molecule has 2 aromatic rings. The average Bonchev–Trinajstić information content (AvgIpc) is 2.60. The lowest BCUT2D eigenvalue weighted by atomic mass is 10.2. The van der Waals surface area contributed by atoms with Gasteiger partial charge in [-0.15, -0.1) is 0 Å². The number of hydrogen-bond acceptors (Lipinski definition) is 4. The maximum atomic E-state index is 13.4. The number of amides is 1. The van der Waals surface area contributed by atoms with Crippen molar-refractivity contribution in [3.8, 4) is 0 Å². The van der Waals surface area contributed by atoms with Crippen LogP contribution in [0.15, 0.2) is 24.5 Å². The smallest absolute Gasteiger partial charge is 0.338 e. The van der Waals surface area contributed by atoms with Crippen LogP contribution in [0.3, 0.4) is 0 Å². The van der Waals surface area contributed by atoms with E-state index in [4.69, 9.17) is 0 Å². The van der Waals surface area contributed by atoms with Crippen molar-refractivity contribution in [3.63, 3.8) is 0 Å². The number of halogens is 5. The van der Waals surface area contributed by atoms with E-state index in [1.54, 1.807) is 0 Å². The average molecular weight is 346 g/mol. The molecule has 0 saturated heterocycles. The second-order valence-electron chi connectivity index (χ2n) is 4.31. The summed E-state index contributed by atoms with van der Waals surface area (Å²) in [6, 6.07) is 2.56. The molecule has 0 unspecified atom stereocenters. The van der Waals surface area contributed by atoms with E-state index in [1.807, 2.05) is 0 Å². The minimum absolute atomic E-state index is 0.0500. The highest BCUT2D eigenvalue weighted by molar-refractivity contribution is 5.95. The van der Waals surface area contributed by atoms with Crippen LogP contribution in [0, 0.1) is 29.1 Å². The number of rotatable bonds is 4. The van der Waals surface area contributed by atoms with Crippen molar-refractivity contribution in [1.29, 1.82) is 0 Å². The highest BCUT2D eigenvalue weighted by atomic mass is 19.2. The van der Waals surface area contributed by atoms with Crippen LogP contribution < -0.4 is 5.32 Å². The van der Waals surface area contributed by atoms with Crippen molar-refractivity contribution in [3.05, 3.63) is 59.2 Å². The van der Waals surface area contributed by atoms with Gasteiger partial charge in [-0.3, -0.25) is 9.78 Å². The Kier molecular flexibility index (Phi) is 5.07. The van der Waals surface area contributed by atoms with Gasteiger partial charge < -0.3 is 10.1 Å². The van der Waals surface area contributed by atoms with E-state index in [0.717, 1.165) is 0 Å². The van der Waals surface area contributed by atoms with Crippen molar-refractivity contribution in [2.45, 2.75) is 0 Å². The predicted molar refractivity (Wildman–Crippen MR) is 69.4 cm³/mol. The molecule has 1 aromatic heterocycles. The fraction of sp³-hybridized carbons (Fsp3) is 0.0714. The summed E-state index contributed by atoms with van der Waals surface area (Å²) < 4.78 is 70.1. The number of nitrogens with zero attached hydrogens (tertiary/aromatic N) is 1. The molecule has 1 aromatic carbocycles. The van der Waals surface area contributed by atoms with Gasteiger partial charge in [0.15, 0.2) is 29.9 Å². The van der Waals surface area contributed by atoms with Gasteiger partial charge in [0.1, 0.15) is 5.69 Å². The van der Waals surface area contributed by atoms with Crippen molar-refractivity contribution < 1.29 is 36.3 Å². The van der Waals surface area contributed by atoms with Crippen molar-refractivity contribution in [2.75, 3.05) is 11.9 Å². The molecule has 0 aliphatic rings. The third-order valence-corrected chi connectivity index (χ3v) is 2.72. The van der Waals surface area contributed by atoms with Crippen molar-refractivity contribution in [2.24, 2.45) is 0 Å². The van der Waals surface area contributed by atoms with Gasteiger partial charge in [-0.05, 0) is 12.1 Å². The Morgan fingerprint density at radius 1 is 0.917 bits per heavy atom. The van der Waals surface area contributed by atoms with Gasteiger partial charge >= 0.3 is 5.97 Å². The molecule has 24 heavy (non-hydrogen) atoms. The van der Waals surface area contributed by atoms with Gasteiger partial charge in [-0.25, -0.2) is 26.7 Å². The van der Waals surface area contributed by atoms with Crippen LogP contribution >= 0.6 is 0 Å². The molecule has 0 aliphatic carbocycles. The summed E-state index contributed by atoms with van der Waals surface area (Å²) in [6.45, 7) is -0.999. The number of aromatic nitrogens is 1. The summed E-state index contributed by atoms with van der Waals surface area (Å²) in [4.78, 5) is 26.7. The number of pyridine rings is 1. The van der Waals surface area contributed by atoms with E-state index >= 15 is 0 Å². The number of hydrogen-bond donors (Lipinski definition) is 1. The molecule has 10 heteroatoms. The Balaban J connectivity index is 2.07. The number of nitrogens with one attached hydrogen (secondary N) is 1. The lowest BCUT2D eigenvalue weighted by Crippen LogP contribution is -2.23. The van der Waals surface area contributed by atoms with Crippen LogP contribution in [0.5, 0.6) is 0 Å². The normalized spacial score (nSPS) is 10.4. The molecular weight excluding hydrogens is 339 g/mol. The molecule has 2 rings (SSSR count). The zero-order valence-electron chi connectivity index (χ0n) is 11.6. The van der Waals surface area contributed by atoms with Crippen LogP contribution in [-0.2, 0) is 9.53 Å². The van der Waals surface area contributed by atoms with E-state index in [2.05, 4.69) is 9.72 Å². The highest BCUT2D eigenvalue weighted by Crippen LogP contribution is 2.26. The molecule has 5 nitrogen and oxygen atoms in total. The van der Waals surface area contributed by atoms with E-state index in [1.165, 1.54) is 29.8 Å². The zero-order valence-corrected chi connectivity index (χ0v) is 11.6. The maximum absolute atomic E-state index is 13.4. The summed E-state index contributed by atoms with van der Waals surface area (Å²) in [5.74, 6) is -13.4. The summed E-state index contributed by atoms with van der Waals surface area (Å²) in [5.41, 5.74) is -1.48. The first kappa shape index (κ1) is 17.3. The minimum Gasteiger partial charge on any atom is -0.452 e. The molecule has 0 atom stereocenters. The van der Waals surface area contributed by atoms with Gasteiger partial charge in [-0.1, -0.05) is 0 Å². The van der Waals surface area contributed by atoms with Crippen LogP contribution in [0.4, 0.5) is 27.6 Å². The second kappa shape index (κ2) is 7.02. The standard InChI is InChI=1S/C14H7F5N2O3/c15-8-9(16)11(18)13(12(19)10(8)17)21-7(22)5-24-14(23)6-1-3-20-4-2-6/h1-4H,5H2,(H,21,22). The topological polar surface area (TPSA) is 68.3 Å². The first-order chi connectivity index (χ1) is 11.3. The number of ether oxygens (including phenoxy) is 1. The summed E-state index contributed by atoms with van der Waals surface area (Å²) in [5, 5.41) is 1.47. The SMILES string of the molecule is O=C(COC(=O)c1ccncc1)Nc1c(F)c(F)c(F)c(F)c1F. The Bertz CT molecular complexity index is 770. The van der Waals surface area contributed by atoms with Crippen molar-refractivity contribution >= 4 is 17.6 Å². The van der Waals surface area contributed by atoms with Gasteiger partial charge in [0, 0.05) is 12.4 Å². The first-order valence-electron chi connectivity index (χ1n) is 6.21. The first-order valence-corrected chi connectivity index (χ1v) is 6.21. The fourth-order valence-corrected chi connectivity index (χ4v) is 1.59. The molecule has 1 amide bonds. The molecule has 0 saturated carbocycles. The van der Waals surface area contributed by atoms with E-state index in [9.17, 15) is 31.5 Å². The van der Waals surface area contributed by atoms with Gasteiger partial charge in [0.25, 0.3) is 5.91 Å². The molecule has 126 valence electrons. The molecule has 1 N–H and O–H groups in total. The van der Waals surface area contributed by atoms with Crippen LogP contribution in [0.2, 0.25) is 0 Å². The molecule has 0 radical (unpaired) electrons. The second-order valence-corrected chi connectivity index (χ2v) is 4.31. The molecule has 0 aliphatic heterocycles. The largest absolute Gasteiger partial charge is 0.452 e. The van der Waals surface area contributed by atoms with Gasteiger partial charge in [0.2, 0.25) is 5.82 Å². The Labute approximate surface area is 131 Å². The predicted octanol–water partition coefficient (Wildman–Crippen LogP) is 2.57. The summed E-state index contributed by atoms with van der Waals surface area (Å²) in [6.07, 6.45) is 2.57. The number of carbonyl (C=O) groups is 2.